The van der Waals surface area contributed by atoms with Crippen LogP contribution in [0.4, 0.5) is 0 Å². The molecule has 0 aromatic heterocycles. The summed E-state index contributed by atoms with van der Waals surface area (Å²) in [6.45, 7) is 1.12. The van der Waals surface area contributed by atoms with Crippen LogP contribution in [0.15, 0.2) is 59.4 Å². The maximum atomic E-state index is 9.72. The van der Waals surface area contributed by atoms with E-state index in [9.17, 15) is 5.11 Å². The normalized spacial score (nSPS) is 22.8. The van der Waals surface area contributed by atoms with Crippen molar-refractivity contribution >= 4 is 0 Å². The fourth-order valence-electron chi connectivity index (χ4n) is 1.90. The monoisotopic (exact) mass is 201 g/mol. The van der Waals surface area contributed by atoms with Gasteiger partial charge in [0.15, 0.2) is 0 Å². The van der Waals surface area contributed by atoms with Crippen LogP contribution in [0, 0.1) is 0 Å². The van der Waals surface area contributed by atoms with Gasteiger partial charge in [0.1, 0.15) is 18.1 Å². The number of allylic oxidation sites excluding steroid dienone is 4. The molecule has 0 fully saturated rings. The second-order valence-corrected chi connectivity index (χ2v) is 3.64. The average Bonchev–Trinajstić information content (AvgIpc) is 2.27. The van der Waals surface area contributed by atoms with Crippen molar-refractivity contribution in [3.05, 3.63) is 59.4 Å². The van der Waals surface area contributed by atoms with Crippen LogP contribution in [0.25, 0.3) is 0 Å². The van der Waals surface area contributed by atoms with Crippen molar-refractivity contribution in [3.8, 4) is 0 Å². The first-order chi connectivity index (χ1) is 7.34. The summed E-state index contributed by atoms with van der Waals surface area (Å²) in [4.78, 5) is 2.08. The van der Waals surface area contributed by atoms with E-state index >= 15 is 0 Å². The average molecular weight is 201 g/mol. The zero-order valence-corrected chi connectivity index (χ0v) is 8.18. The lowest BCUT2D eigenvalue weighted by Gasteiger charge is -2.31. The number of aliphatic hydroxyl groups excluding tert-OH is 1. The summed E-state index contributed by atoms with van der Waals surface area (Å²) in [6, 6.07) is 0. The molecule has 1 N–H and O–H groups in total. The Morgan fingerprint density at radius 3 is 3.20 bits per heavy atom. The molecule has 0 atom stereocenters. The molecule has 15 heavy (non-hydrogen) atoms. The topological polar surface area (TPSA) is 32.7 Å². The highest BCUT2D eigenvalue weighted by Crippen LogP contribution is 2.29. The molecule has 0 radical (unpaired) electrons. The number of hydrogen-bond acceptors (Lipinski definition) is 3. The predicted octanol–water partition coefficient (Wildman–Crippen LogP) is 2.00. The third-order valence-corrected chi connectivity index (χ3v) is 2.71. The van der Waals surface area contributed by atoms with E-state index in [1.165, 1.54) is 0 Å². The molecule has 0 saturated heterocycles. The van der Waals surface area contributed by atoms with Crippen molar-refractivity contribution in [2.45, 2.75) is 0 Å². The summed E-state index contributed by atoms with van der Waals surface area (Å²) in [5.74, 6) is 1.13. The van der Waals surface area contributed by atoms with Gasteiger partial charge in [-0.1, -0.05) is 6.08 Å². The van der Waals surface area contributed by atoms with E-state index in [-0.39, 0.29) is 0 Å². The highest BCUT2D eigenvalue weighted by Gasteiger charge is 2.23. The highest BCUT2D eigenvalue weighted by atomic mass is 16.5. The van der Waals surface area contributed by atoms with Gasteiger partial charge < -0.3 is 14.7 Å². The van der Waals surface area contributed by atoms with Gasteiger partial charge in [-0.3, -0.25) is 0 Å². The molecule has 0 spiro atoms. The van der Waals surface area contributed by atoms with Crippen molar-refractivity contribution in [3.63, 3.8) is 0 Å². The number of hydrogen-bond donors (Lipinski definition) is 1. The van der Waals surface area contributed by atoms with E-state index in [2.05, 4.69) is 4.90 Å². The smallest absolute Gasteiger partial charge is 0.130 e. The van der Waals surface area contributed by atoms with E-state index in [4.69, 9.17) is 4.74 Å². The second kappa shape index (κ2) is 3.05. The van der Waals surface area contributed by atoms with Crippen LogP contribution in [-0.2, 0) is 4.74 Å². The first-order valence-corrected chi connectivity index (χ1v) is 4.93. The summed E-state index contributed by atoms with van der Waals surface area (Å²) in [5.41, 5.74) is 1.97. The maximum absolute atomic E-state index is 9.72. The van der Waals surface area contributed by atoms with Crippen LogP contribution in [0.2, 0.25) is 0 Å². The Balaban J connectivity index is 2.04. The van der Waals surface area contributed by atoms with Gasteiger partial charge in [0.25, 0.3) is 0 Å². The Morgan fingerprint density at radius 2 is 2.27 bits per heavy atom. The quantitative estimate of drug-likeness (QED) is 0.650. The van der Waals surface area contributed by atoms with E-state index < -0.39 is 0 Å². The standard InChI is InChI=1S/C12H11NO2/c14-11-4-6-15-12-7-9-3-1-2-5-13(9)8-10(11)12/h1-5,7,14H,6,8H2. The van der Waals surface area contributed by atoms with Crippen LogP contribution >= 0.6 is 0 Å². The van der Waals surface area contributed by atoms with Crippen LogP contribution in [0.5, 0.6) is 0 Å². The summed E-state index contributed by atoms with van der Waals surface area (Å²) >= 11 is 0. The van der Waals surface area contributed by atoms with Crippen LogP contribution in [-0.4, -0.2) is 23.2 Å². The molecule has 3 aliphatic rings. The molecule has 0 aromatic rings. The molecule has 3 nitrogen and oxygen atoms in total. The Bertz CT molecular complexity index is 452. The maximum Gasteiger partial charge on any atom is 0.130 e. The zero-order valence-electron chi connectivity index (χ0n) is 8.18. The summed E-state index contributed by atoms with van der Waals surface area (Å²) < 4.78 is 5.48. The molecule has 0 aliphatic carbocycles. The van der Waals surface area contributed by atoms with Crippen molar-refractivity contribution in [1.82, 2.24) is 4.90 Å². The van der Waals surface area contributed by atoms with E-state index in [1.54, 1.807) is 6.08 Å². The van der Waals surface area contributed by atoms with Gasteiger partial charge in [-0.15, -0.1) is 0 Å². The molecule has 0 amide bonds. The molecule has 3 heterocycles. The van der Waals surface area contributed by atoms with Gasteiger partial charge in [0, 0.05) is 18.0 Å². The number of ether oxygens (including phenoxy) is 1. The summed E-state index contributed by atoms with van der Waals surface area (Å²) in [7, 11) is 0. The van der Waals surface area contributed by atoms with Crippen LogP contribution in [0.1, 0.15) is 0 Å². The lowest BCUT2D eigenvalue weighted by Crippen LogP contribution is -2.27. The van der Waals surface area contributed by atoms with Crippen LogP contribution in [0.3, 0.4) is 0 Å². The molecule has 76 valence electrons. The number of fused-ring (bicyclic) bond motifs is 1. The lowest BCUT2D eigenvalue weighted by atomic mass is 10.0. The molecule has 3 heteroatoms. The Hall–Kier alpha value is -1.90. The highest BCUT2D eigenvalue weighted by molar-refractivity contribution is 5.45. The first-order valence-electron chi connectivity index (χ1n) is 4.93. The van der Waals surface area contributed by atoms with Crippen molar-refractivity contribution in [1.29, 1.82) is 0 Å². The van der Waals surface area contributed by atoms with Gasteiger partial charge >= 0.3 is 0 Å². The minimum atomic E-state index is 0.342. The van der Waals surface area contributed by atoms with Gasteiger partial charge in [-0.2, -0.15) is 0 Å². The Kier molecular flexibility index (Phi) is 1.71. The van der Waals surface area contributed by atoms with E-state index in [0.717, 1.165) is 17.0 Å². The van der Waals surface area contributed by atoms with E-state index in [1.807, 2.05) is 30.5 Å². The molecule has 3 aliphatic heterocycles. The Morgan fingerprint density at radius 1 is 1.33 bits per heavy atom. The largest absolute Gasteiger partial charge is 0.508 e. The van der Waals surface area contributed by atoms with Gasteiger partial charge in [0.2, 0.25) is 0 Å². The minimum absolute atomic E-state index is 0.342. The van der Waals surface area contributed by atoms with Crippen LogP contribution < -0.4 is 0 Å². The first kappa shape index (κ1) is 8.41. The number of rotatable bonds is 0. The predicted molar refractivity (Wildman–Crippen MR) is 56.8 cm³/mol. The van der Waals surface area contributed by atoms with Gasteiger partial charge in [-0.25, -0.2) is 0 Å². The van der Waals surface area contributed by atoms with Gasteiger partial charge in [-0.05, 0) is 18.2 Å². The Labute approximate surface area is 88.0 Å². The second-order valence-electron chi connectivity index (χ2n) is 3.64. The lowest BCUT2D eigenvalue weighted by molar-refractivity contribution is 0.228. The fourth-order valence-corrected chi connectivity index (χ4v) is 1.90. The molecule has 0 bridgehead atoms. The molecule has 0 aromatic carbocycles. The van der Waals surface area contributed by atoms with Gasteiger partial charge in [0.05, 0.1) is 12.1 Å². The number of aliphatic hydroxyl groups is 1. The minimum Gasteiger partial charge on any atom is -0.508 e. The third-order valence-electron chi connectivity index (χ3n) is 2.71. The summed E-state index contributed by atoms with van der Waals surface area (Å²) in [6.07, 6.45) is 11.7. The van der Waals surface area contributed by atoms with E-state index in [0.29, 0.717) is 18.9 Å². The molecule has 0 unspecified atom stereocenters. The summed E-state index contributed by atoms with van der Waals surface area (Å²) in [5, 5.41) is 9.72. The molecule has 3 rings (SSSR count). The molecular formula is C12H11NO2. The molecular weight excluding hydrogens is 190 g/mol. The van der Waals surface area contributed by atoms with Crippen molar-refractivity contribution < 1.29 is 9.84 Å². The zero-order chi connectivity index (χ0) is 10.3. The third kappa shape index (κ3) is 1.28. The molecule has 0 saturated carbocycles. The van der Waals surface area contributed by atoms with Crippen molar-refractivity contribution in [2.24, 2.45) is 0 Å². The van der Waals surface area contributed by atoms with Crippen molar-refractivity contribution in [2.75, 3.05) is 13.2 Å². The number of nitrogens with zero attached hydrogens (tertiary/aromatic N) is 1. The SMILES string of the molecule is OC1=CCOC2=C1CN1C=CC=CC1=C2. The fraction of sp³-hybridized carbons (Fsp3) is 0.167.